The molecule has 0 bridgehead atoms. The first kappa shape index (κ1) is 12.9. The molecular weight excluding hydrogens is 188 g/mol. The Bertz CT molecular complexity index is 184. The fourth-order valence-electron chi connectivity index (χ4n) is 2.93. The van der Waals surface area contributed by atoms with E-state index in [2.05, 4.69) is 32.8 Å². The van der Waals surface area contributed by atoms with Crippen LogP contribution in [0.25, 0.3) is 0 Å². The summed E-state index contributed by atoms with van der Waals surface area (Å²) < 4.78 is 5.44. The molecule has 0 aromatic carbocycles. The highest BCUT2D eigenvalue weighted by atomic mass is 16.5. The second kappa shape index (κ2) is 5.28. The van der Waals surface area contributed by atoms with E-state index in [0.29, 0.717) is 5.92 Å². The molecule has 0 aromatic rings. The van der Waals surface area contributed by atoms with Gasteiger partial charge in [0.05, 0.1) is 6.61 Å². The fourth-order valence-corrected chi connectivity index (χ4v) is 2.93. The molecule has 2 N–H and O–H groups in total. The summed E-state index contributed by atoms with van der Waals surface area (Å²) in [5.41, 5.74) is 6.60. The Morgan fingerprint density at radius 3 is 2.33 bits per heavy atom. The van der Waals surface area contributed by atoms with E-state index in [0.717, 1.165) is 32.5 Å². The van der Waals surface area contributed by atoms with E-state index in [-0.39, 0.29) is 11.6 Å². The lowest BCUT2D eigenvalue weighted by atomic mass is 9.77. The molecular formula is C12H26N2O. The van der Waals surface area contributed by atoms with Crippen molar-refractivity contribution in [3.05, 3.63) is 0 Å². The van der Waals surface area contributed by atoms with Crippen molar-refractivity contribution in [2.45, 2.75) is 44.7 Å². The summed E-state index contributed by atoms with van der Waals surface area (Å²) >= 11 is 0. The largest absolute Gasteiger partial charge is 0.381 e. The Kier molecular flexibility index (Phi) is 4.56. The first-order valence-electron chi connectivity index (χ1n) is 6.09. The molecule has 1 fully saturated rings. The van der Waals surface area contributed by atoms with E-state index in [4.69, 9.17) is 10.5 Å². The van der Waals surface area contributed by atoms with E-state index in [1.165, 1.54) is 0 Å². The Hall–Kier alpha value is -0.120. The van der Waals surface area contributed by atoms with Gasteiger partial charge in [-0.15, -0.1) is 0 Å². The lowest BCUT2D eigenvalue weighted by Crippen LogP contribution is -2.59. The molecule has 1 heterocycles. The minimum Gasteiger partial charge on any atom is -0.381 e. The van der Waals surface area contributed by atoms with E-state index in [1.807, 2.05) is 0 Å². The number of rotatable bonds is 5. The average molecular weight is 214 g/mol. The van der Waals surface area contributed by atoms with Crippen molar-refractivity contribution in [1.82, 2.24) is 4.90 Å². The highest BCUT2D eigenvalue weighted by Crippen LogP contribution is 2.31. The van der Waals surface area contributed by atoms with Crippen molar-refractivity contribution >= 4 is 0 Å². The maximum atomic E-state index is 6.46. The van der Waals surface area contributed by atoms with Crippen LogP contribution in [0.2, 0.25) is 0 Å². The van der Waals surface area contributed by atoms with Gasteiger partial charge in [-0.2, -0.15) is 0 Å². The van der Waals surface area contributed by atoms with Crippen LogP contribution in [-0.4, -0.2) is 43.8 Å². The number of nitrogens with two attached hydrogens (primary N) is 1. The van der Waals surface area contributed by atoms with Gasteiger partial charge >= 0.3 is 0 Å². The van der Waals surface area contributed by atoms with E-state index >= 15 is 0 Å². The normalized spacial score (nSPS) is 24.8. The smallest absolute Gasteiger partial charge is 0.0510 e. The van der Waals surface area contributed by atoms with Crippen molar-refractivity contribution in [2.75, 3.05) is 27.3 Å². The summed E-state index contributed by atoms with van der Waals surface area (Å²) in [5, 5.41) is 0. The van der Waals surface area contributed by atoms with Crippen LogP contribution in [0.5, 0.6) is 0 Å². The molecule has 1 aliphatic rings. The number of ether oxygens (including phenoxy) is 1. The van der Waals surface area contributed by atoms with Crippen molar-refractivity contribution in [2.24, 2.45) is 11.7 Å². The summed E-state index contributed by atoms with van der Waals surface area (Å²) in [6, 6.07) is 0.227. The van der Waals surface area contributed by atoms with Crippen molar-refractivity contribution in [3.8, 4) is 0 Å². The molecule has 0 spiro atoms. The maximum Gasteiger partial charge on any atom is 0.0510 e. The standard InChI is InChI=1S/C12H26N2O/c1-5-12(6-2,14(3)4)11(13)10-7-8-15-9-10/h10-11H,5-9,13H2,1-4H3. The SMILES string of the molecule is CCC(CC)(C(N)C1CCOC1)N(C)C. The molecule has 0 amide bonds. The summed E-state index contributed by atoms with van der Waals surface area (Å²) in [6.45, 7) is 6.20. The lowest BCUT2D eigenvalue weighted by Gasteiger charge is -2.45. The van der Waals surface area contributed by atoms with Crippen molar-refractivity contribution < 1.29 is 4.74 Å². The highest BCUT2D eigenvalue weighted by molar-refractivity contribution is 4.99. The molecule has 0 radical (unpaired) electrons. The van der Waals surface area contributed by atoms with E-state index in [1.54, 1.807) is 0 Å². The van der Waals surface area contributed by atoms with Gasteiger partial charge in [0.2, 0.25) is 0 Å². The number of nitrogens with zero attached hydrogens (tertiary/aromatic N) is 1. The first-order valence-corrected chi connectivity index (χ1v) is 6.09. The molecule has 15 heavy (non-hydrogen) atoms. The van der Waals surface area contributed by atoms with Gasteiger partial charge in [0.25, 0.3) is 0 Å². The van der Waals surface area contributed by atoms with Gasteiger partial charge in [-0.3, -0.25) is 0 Å². The molecule has 2 atom stereocenters. The Morgan fingerprint density at radius 2 is 2.00 bits per heavy atom. The minimum absolute atomic E-state index is 0.137. The molecule has 1 saturated heterocycles. The van der Waals surface area contributed by atoms with Crippen LogP contribution in [0.1, 0.15) is 33.1 Å². The van der Waals surface area contributed by atoms with E-state index in [9.17, 15) is 0 Å². The molecule has 3 heteroatoms. The third-order valence-corrected chi connectivity index (χ3v) is 4.21. The Balaban J connectivity index is 2.77. The maximum absolute atomic E-state index is 6.46. The average Bonchev–Trinajstić information content (AvgIpc) is 2.72. The van der Waals surface area contributed by atoms with Gasteiger partial charge in [0.1, 0.15) is 0 Å². The molecule has 0 aliphatic carbocycles. The molecule has 90 valence electrons. The quantitative estimate of drug-likeness (QED) is 0.753. The van der Waals surface area contributed by atoms with Gasteiger partial charge in [-0.05, 0) is 33.4 Å². The second-order valence-corrected chi connectivity index (χ2v) is 4.85. The molecule has 1 aliphatic heterocycles. The molecule has 0 saturated carbocycles. The number of hydrogen-bond donors (Lipinski definition) is 1. The van der Waals surface area contributed by atoms with Crippen LogP contribution in [0, 0.1) is 5.92 Å². The fraction of sp³-hybridized carbons (Fsp3) is 1.00. The van der Waals surface area contributed by atoms with Crippen molar-refractivity contribution in [1.29, 1.82) is 0 Å². The van der Waals surface area contributed by atoms with Crippen LogP contribution < -0.4 is 5.73 Å². The Labute approximate surface area is 94.0 Å². The molecule has 1 rings (SSSR count). The second-order valence-electron chi connectivity index (χ2n) is 4.85. The first-order chi connectivity index (χ1) is 7.08. The van der Waals surface area contributed by atoms with Gasteiger partial charge in [-0.1, -0.05) is 13.8 Å². The summed E-state index contributed by atoms with van der Waals surface area (Å²) in [7, 11) is 4.28. The van der Waals surface area contributed by atoms with Gasteiger partial charge < -0.3 is 15.4 Å². The zero-order valence-corrected chi connectivity index (χ0v) is 10.6. The topological polar surface area (TPSA) is 38.5 Å². The van der Waals surface area contributed by atoms with Gasteiger partial charge in [0.15, 0.2) is 0 Å². The molecule has 0 aromatic heterocycles. The van der Waals surface area contributed by atoms with E-state index < -0.39 is 0 Å². The van der Waals surface area contributed by atoms with Crippen LogP contribution in [0.3, 0.4) is 0 Å². The zero-order chi connectivity index (χ0) is 11.5. The van der Waals surface area contributed by atoms with Gasteiger partial charge in [0, 0.05) is 24.1 Å². The van der Waals surface area contributed by atoms with Crippen LogP contribution in [0.4, 0.5) is 0 Å². The van der Waals surface area contributed by atoms with Crippen molar-refractivity contribution in [3.63, 3.8) is 0 Å². The van der Waals surface area contributed by atoms with Gasteiger partial charge in [-0.25, -0.2) is 0 Å². The molecule has 2 unspecified atom stereocenters. The van der Waals surface area contributed by atoms with Crippen LogP contribution in [0.15, 0.2) is 0 Å². The summed E-state index contributed by atoms with van der Waals surface area (Å²) in [6.07, 6.45) is 3.33. The minimum atomic E-state index is 0.137. The third-order valence-electron chi connectivity index (χ3n) is 4.21. The Morgan fingerprint density at radius 1 is 1.40 bits per heavy atom. The number of likely N-dealkylation sites (N-methyl/N-ethyl adjacent to an activating group) is 1. The highest BCUT2D eigenvalue weighted by Gasteiger charge is 2.40. The summed E-state index contributed by atoms with van der Waals surface area (Å²) in [5.74, 6) is 0.535. The van der Waals surface area contributed by atoms with Crippen LogP contribution in [-0.2, 0) is 4.74 Å². The molecule has 3 nitrogen and oxygen atoms in total. The summed E-state index contributed by atoms with van der Waals surface area (Å²) in [4.78, 5) is 2.30. The van der Waals surface area contributed by atoms with Crippen LogP contribution >= 0.6 is 0 Å². The zero-order valence-electron chi connectivity index (χ0n) is 10.6. The predicted molar refractivity (Wildman–Crippen MR) is 63.9 cm³/mol. The monoisotopic (exact) mass is 214 g/mol. The number of hydrogen-bond acceptors (Lipinski definition) is 3. The lowest BCUT2D eigenvalue weighted by molar-refractivity contribution is 0.0724. The predicted octanol–water partition coefficient (Wildman–Crippen LogP) is 1.47. The third kappa shape index (κ3) is 2.35.